The van der Waals surface area contributed by atoms with E-state index in [4.69, 9.17) is 15.6 Å². The van der Waals surface area contributed by atoms with Crippen LogP contribution < -0.4 is 22.5 Å². The fourth-order valence-corrected chi connectivity index (χ4v) is 3.11. The molecular weight excluding hydrogens is 418 g/mol. The van der Waals surface area contributed by atoms with Gasteiger partial charge in [-0.3, -0.25) is 29.1 Å². The molecule has 5 heterocycles. The van der Waals surface area contributed by atoms with Crippen molar-refractivity contribution in [1.29, 1.82) is 0 Å². The lowest BCUT2D eigenvalue weighted by atomic mass is 10.1. The van der Waals surface area contributed by atoms with Crippen molar-refractivity contribution in [1.82, 2.24) is 39.5 Å². The number of fused-ring (bicyclic) bond motifs is 2. The first-order chi connectivity index (χ1) is 14.8. The van der Waals surface area contributed by atoms with Gasteiger partial charge in [0.2, 0.25) is 5.95 Å². The first-order valence-corrected chi connectivity index (χ1v) is 8.80. The number of ether oxygens (including phenoxy) is 1. The van der Waals surface area contributed by atoms with Crippen LogP contribution in [0.5, 0.6) is 0 Å². The number of aliphatic hydroxyl groups is 3. The molecule has 0 radical (unpaired) electrons. The highest BCUT2D eigenvalue weighted by atomic mass is 16.6. The van der Waals surface area contributed by atoms with E-state index in [-0.39, 0.29) is 28.3 Å². The summed E-state index contributed by atoms with van der Waals surface area (Å²) >= 11 is 0. The van der Waals surface area contributed by atoms with Gasteiger partial charge in [0.15, 0.2) is 23.0 Å². The molecule has 1 fully saturated rings. The third kappa shape index (κ3) is 3.59. The molecule has 0 spiro atoms. The first-order valence-electron chi connectivity index (χ1n) is 8.80. The summed E-state index contributed by atoms with van der Waals surface area (Å²) in [4.78, 5) is 54.0. The van der Waals surface area contributed by atoms with E-state index in [0.717, 1.165) is 0 Å². The summed E-state index contributed by atoms with van der Waals surface area (Å²) in [5, 5.41) is 28.7. The normalized spacial score (nSPS) is 23.2. The molecule has 1 aliphatic rings. The van der Waals surface area contributed by atoms with Crippen LogP contribution in [0, 0.1) is 0 Å². The van der Waals surface area contributed by atoms with Gasteiger partial charge in [0.05, 0.1) is 19.3 Å². The van der Waals surface area contributed by atoms with Crippen molar-refractivity contribution < 1.29 is 20.1 Å². The Bertz CT molecular complexity index is 1400. The monoisotopic (exact) mass is 435 g/mol. The van der Waals surface area contributed by atoms with Crippen LogP contribution in [-0.4, -0.2) is 79.7 Å². The van der Waals surface area contributed by atoms with E-state index in [1.165, 1.54) is 17.2 Å². The van der Waals surface area contributed by atoms with E-state index >= 15 is 0 Å². The number of aromatic nitrogens is 8. The van der Waals surface area contributed by atoms with Gasteiger partial charge in [-0.05, 0) is 0 Å². The highest BCUT2D eigenvalue weighted by Gasteiger charge is 2.44. The lowest BCUT2D eigenvalue weighted by Gasteiger charge is -2.16. The lowest BCUT2D eigenvalue weighted by molar-refractivity contribution is -0.0511. The Balaban J connectivity index is 0.000000177. The molecule has 4 aromatic heterocycles. The Morgan fingerprint density at radius 2 is 1.87 bits per heavy atom. The van der Waals surface area contributed by atoms with Crippen LogP contribution in [0.2, 0.25) is 0 Å². The average Bonchev–Trinajstić information content (AvgIpc) is 3.41. The number of anilines is 1. The largest absolute Gasteiger partial charge is 0.394 e. The number of H-pyrrole nitrogens is 4. The molecule has 0 amide bonds. The Morgan fingerprint density at radius 3 is 2.58 bits per heavy atom. The van der Waals surface area contributed by atoms with Gasteiger partial charge in [-0.15, -0.1) is 0 Å². The molecule has 16 heteroatoms. The maximum atomic E-state index is 11.7. The molecule has 0 aliphatic carbocycles. The van der Waals surface area contributed by atoms with E-state index in [1.54, 1.807) is 0 Å². The number of aromatic amines is 4. The van der Waals surface area contributed by atoms with Crippen LogP contribution in [-0.2, 0) is 4.74 Å². The summed E-state index contributed by atoms with van der Waals surface area (Å²) in [6.07, 6.45) is -1.87. The van der Waals surface area contributed by atoms with Gasteiger partial charge in [-0.2, -0.15) is 4.98 Å². The number of nitrogens with zero attached hydrogens (tertiary/aromatic N) is 4. The number of nitrogens with two attached hydrogens (primary N) is 1. The summed E-state index contributed by atoms with van der Waals surface area (Å²) in [5.41, 5.74) is 4.67. The molecule has 16 nitrogen and oxygen atoms in total. The van der Waals surface area contributed by atoms with Crippen LogP contribution >= 0.6 is 0 Å². The predicted molar refractivity (Wildman–Crippen MR) is 103 cm³/mol. The summed E-state index contributed by atoms with van der Waals surface area (Å²) in [5.74, 6) is -0.101. The molecule has 0 unspecified atom stereocenters. The molecular formula is C15H17N9O7. The fraction of sp³-hybridized carbons (Fsp3) is 0.333. The van der Waals surface area contributed by atoms with Crippen molar-refractivity contribution in [3.63, 3.8) is 0 Å². The minimum atomic E-state index is -1.29. The zero-order valence-electron chi connectivity index (χ0n) is 15.5. The van der Waals surface area contributed by atoms with Crippen molar-refractivity contribution in [2.24, 2.45) is 0 Å². The van der Waals surface area contributed by atoms with Crippen LogP contribution in [0.3, 0.4) is 0 Å². The third-order valence-electron chi connectivity index (χ3n) is 4.57. The standard InChI is InChI=1S/C10H13N5O5.C5H4N4O2/c11-10-13-7-4(8(19)14-10)12-2-15(7)9-6(18)5(17)3(1-16)20-9;10-4-2-3(7-1-6-2)8-5(11)9-4/h2-3,5-6,9,16-18H,1H2,(H3,11,13,14,19);1H,(H3,6,7,8,9,10,11)/t3-,5-,6-,9-;/m1./s1. The van der Waals surface area contributed by atoms with Crippen LogP contribution in [0.1, 0.15) is 6.23 Å². The Labute approximate surface area is 169 Å². The molecule has 5 rings (SSSR count). The van der Waals surface area contributed by atoms with Crippen molar-refractivity contribution >= 4 is 28.3 Å². The molecule has 164 valence electrons. The highest BCUT2D eigenvalue weighted by Crippen LogP contribution is 2.30. The van der Waals surface area contributed by atoms with Crippen molar-refractivity contribution in [2.75, 3.05) is 12.3 Å². The average molecular weight is 435 g/mol. The van der Waals surface area contributed by atoms with Crippen molar-refractivity contribution in [3.05, 3.63) is 43.8 Å². The minimum Gasteiger partial charge on any atom is -0.394 e. The second kappa shape index (κ2) is 7.76. The molecule has 0 saturated carbocycles. The summed E-state index contributed by atoms with van der Waals surface area (Å²) < 4.78 is 6.64. The van der Waals surface area contributed by atoms with Gasteiger partial charge in [0.25, 0.3) is 11.1 Å². The Morgan fingerprint density at radius 1 is 1.10 bits per heavy atom. The van der Waals surface area contributed by atoms with E-state index in [2.05, 4.69) is 34.9 Å². The zero-order valence-corrected chi connectivity index (χ0v) is 15.5. The molecule has 1 aliphatic heterocycles. The molecule has 4 aromatic rings. The van der Waals surface area contributed by atoms with Crippen molar-refractivity contribution in [2.45, 2.75) is 24.5 Å². The Kier molecular flexibility index (Phi) is 5.11. The zero-order chi connectivity index (χ0) is 22.3. The van der Waals surface area contributed by atoms with E-state index in [9.17, 15) is 24.6 Å². The maximum Gasteiger partial charge on any atom is 0.327 e. The summed E-state index contributed by atoms with van der Waals surface area (Å²) in [7, 11) is 0. The van der Waals surface area contributed by atoms with Gasteiger partial charge < -0.3 is 30.8 Å². The summed E-state index contributed by atoms with van der Waals surface area (Å²) in [6, 6.07) is 0. The number of nitrogens with one attached hydrogen (secondary N) is 4. The second-order valence-electron chi connectivity index (χ2n) is 6.54. The van der Waals surface area contributed by atoms with Crippen LogP contribution in [0.4, 0.5) is 5.95 Å². The lowest BCUT2D eigenvalue weighted by Crippen LogP contribution is -2.33. The molecule has 0 aromatic carbocycles. The molecule has 31 heavy (non-hydrogen) atoms. The molecule has 1 saturated heterocycles. The van der Waals surface area contributed by atoms with Crippen LogP contribution in [0.25, 0.3) is 22.3 Å². The van der Waals surface area contributed by atoms with E-state index in [0.29, 0.717) is 0 Å². The van der Waals surface area contributed by atoms with Gasteiger partial charge >= 0.3 is 5.69 Å². The topological polar surface area (TPSA) is 254 Å². The molecule has 0 bridgehead atoms. The third-order valence-corrected chi connectivity index (χ3v) is 4.57. The maximum absolute atomic E-state index is 11.7. The fourth-order valence-electron chi connectivity index (χ4n) is 3.11. The number of hydrogen-bond donors (Lipinski definition) is 8. The van der Waals surface area contributed by atoms with Gasteiger partial charge in [0, 0.05) is 0 Å². The number of nitrogen functional groups attached to an aromatic ring is 1. The number of aliphatic hydroxyl groups excluding tert-OH is 3. The van der Waals surface area contributed by atoms with E-state index < -0.39 is 48.0 Å². The number of rotatable bonds is 2. The Hall–Kier alpha value is -3.86. The smallest absolute Gasteiger partial charge is 0.327 e. The SMILES string of the molecule is Nc1nc2c(ncn2[C@@H]2O[C@H](CO)[C@@H](O)[C@H]2O)c(=O)[nH]1.O=c1[nH]c(=O)c2[nH]cnc2[nH]1. The van der Waals surface area contributed by atoms with Gasteiger partial charge in [-0.25, -0.2) is 14.8 Å². The van der Waals surface area contributed by atoms with Crippen molar-refractivity contribution in [3.8, 4) is 0 Å². The first kappa shape index (κ1) is 20.4. The van der Waals surface area contributed by atoms with Crippen LogP contribution in [0.15, 0.2) is 27.0 Å². The minimum absolute atomic E-state index is 0.0388. The quantitative estimate of drug-likeness (QED) is 0.152. The van der Waals surface area contributed by atoms with E-state index in [1.807, 2.05) is 0 Å². The number of imidazole rings is 2. The highest BCUT2D eigenvalue weighted by molar-refractivity contribution is 5.70. The van der Waals surface area contributed by atoms with Gasteiger partial charge in [0.1, 0.15) is 23.8 Å². The predicted octanol–water partition coefficient (Wildman–Crippen LogP) is -3.75. The summed E-state index contributed by atoms with van der Waals surface area (Å²) in [6.45, 7) is -0.447. The molecule has 9 N–H and O–H groups in total. The van der Waals surface area contributed by atoms with Gasteiger partial charge in [-0.1, -0.05) is 0 Å². The number of hydrogen-bond acceptors (Lipinski definition) is 11. The molecule has 4 atom stereocenters. The second-order valence-corrected chi connectivity index (χ2v) is 6.54.